The number of anilines is 2. The number of phenolic OH excluding ortho intramolecular Hbond substituents is 2. The van der Waals surface area contributed by atoms with E-state index < -0.39 is 12.2 Å². The van der Waals surface area contributed by atoms with Crippen LogP contribution in [0.2, 0.25) is 0 Å². The highest BCUT2D eigenvalue weighted by Gasteiger charge is 2.11. The lowest BCUT2D eigenvalue weighted by molar-refractivity contribution is -0.106. The van der Waals surface area contributed by atoms with Gasteiger partial charge in [-0.2, -0.15) is 0 Å². The number of phenols is 2. The molecule has 8 N–H and O–H groups in total. The van der Waals surface area contributed by atoms with Crippen molar-refractivity contribution in [1.82, 2.24) is 10.6 Å². The topological polar surface area (TPSA) is 163 Å². The van der Waals surface area contributed by atoms with Gasteiger partial charge in [-0.1, -0.05) is 25.0 Å². The first-order chi connectivity index (χ1) is 16.5. The first kappa shape index (κ1) is 33.4. The number of aromatic hydroxyl groups is 2. The highest BCUT2D eigenvalue weighted by atomic mass is 35.5. The van der Waals surface area contributed by atoms with Gasteiger partial charge in [0, 0.05) is 13.1 Å². The number of aliphatic hydroxyl groups excluding tert-OH is 2. The lowest BCUT2D eigenvalue weighted by Gasteiger charge is -2.14. The zero-order chi connectivity index (χ0) is 24.8. The van der Waals surface area contributed by atoms with Crippen LogP contribution in [-0.2, 0) is 9.59 Å². The zero-order valence-electron chi connectivity index (χ0n) is 19.9. The molecule has 0 aromatic heterocycles. The van der Waals surface area contributed by atoms with E-state index in [1.54, 1.807) is 24.3 Å². The minimum Gasteiger partial charge on any atom is -0.506 e. The summed E-state index contributed by atoms with van der Waals surface area (Å²) in [4.78, 5) is 21.1. The fourth-order valence-electron chi connectivity index (χ4n) is 3.45. The molecule has 2 atom stereocenters. The Hall–Kier alpha value is -2.60. The Morgan fingerprint density at radius 2 is 1.06 bits per heavy atom. The van der Waals surface area contributed by atoms with E-state index in [9.17, 15) is 30.0 Å². The van der Waals surface area contributed by atoms with Crippen molar-refractivity contribution in [2.45, 2.75) is 37.9 Å². The molecule has 202 valence electrons. The van der Waals surface area contributed by atoms with Gasteiger partial charge in [-0.05, 0) is 61.3 Å². The molecule has 0 aliphatic rings. The molecule has 0 aliphatic carbocycles. The summed E-state index contributed by atoms with van der Waals surface area (Å²) >= 11 is 0. The first-order valence-electron chi connectivity index (χ1n) is 11.3. The third kappa shape index (κ3) is 11.4. The largest absolute Gasteiger partial charge is 0.506 e. The molecule has 0 bridgehead atoms. The maximum atomic E-state index is 10.6. The van der Waals surface area contributed by atoms with Gasteiger partial charge in [-0.15, -0.1) is 24.8 Å². The summed E-state index contributed by atoms with van der Waals surface area (Å²) < 4.78 is 0. The van der Waals surface area contributed by atoms with Crippen LogP contribution in [-0.4, -0.2) is 59.4 Å². The Balaban J connectivity index is 0.00000612. The summed E-state index contributed by atoms with van der Waals surface area (Å²) in [6.45, 7) is 2.26. The molecule has 0 radical (unpaired) electrons. The van der Waals surface area contributed by atoms with Gasteiger partial charge in [0.15, 0.2) is 0 Å². The van der Waals surface area contributed by atoms with Crippen molar-refractivity contribution < 1.29 is 30.0 Å². The molecule has 10 nitrogen and oxygen atoms in total. The molecule has 36 heavy (non-hydrogen) atoms. The number of amides is 2. The SMILES string of the molecule is Cl.Cl.O=CNc1cc(C(O)CNCCCCCCNCC(O)c2ccc(O)c(NC=O)c2)ccc1O. The van der Waals surface area contributed by atoms with Gasteiger partial charge in [0.1, 0.15) is 11.5 Å². The van der Waals surface area contributed by atoms with Crippen LogP contribution in [0.3, 0.4) is 0 Å². The molecule has 0 heterocycles. The zero-order valence-corrected chi connectivity index (χ0v) is 21.5. The summed E-state index contributed by atoms with van der Waals surface area (Å²) in [5.74, 6) is -0.109. The van der Waals surface area contributed by atoms with Crippen molar-refractivity contribution >= 4 is 49.0 Å². The van der Waals surface area contributed by atoms with Crippen LogP contribution in [0.25, 0.3) is 0 Å². The van der Waals surface area contributed by atoms with E-state index in [4.69, 9.17) is 0 Å². The molecule has 0 spiro atoms. The van der Waals surface area contributed by atoms with Gasteiger partial charge in [0.05, 0.1) is 23.6 Å². The molecule has 0 aliphatic heterocycles. The van der Waals surface area contributed by atoms with E-state index in [2.05, 4.69) is 21.3 Å². The molecule has 2 aromatic rings. The van der Waals surface area contributed by atoms with Crippen LogP contribution in [0.1, 0.15) is 49.0 Å². The fourth-order valence-corrected chi connectivity index (χ4v) is 3.45. The molecular weight excluding hydrogens is 511 g/mol. The Labute approximate surface area is 223 Å². The third-order valence-corrected chi connectivity index (χ3v) is 5.37. The van der Waals surface area contributed by atoms with Crippen molar-refractivity contribution in [2.24, 2.45) is 0 Å². The number of hydrogen-bond donors (Lipinski definition) is 8. The molecular formula is C24H36Cl2N4O6. The maximum absolute atomic E-state index is 10.6. The Bertz CT molecular complexity index is 849. The Kier molecular flexibility index (Phi) is 17.3. The van der Waals surface area contributed by atoms with Crippen molar-refractivity contribution in [3.05, 3.63) is 47.5 Å². The highest BCUT2D eigenvalue weighted by molar-refractivity contribution is 5.85. The van der Waals surface area contributed by atoms with Crippen molar-refractivity contribution in [1.29, 1.82) is 0 Å². The molecule has 2 aromatic carbocycles. The maximum Gasteiger partial charge on any atom is 0.211 e. The van der Waals surface area contributed by atoms with Crippen molar-refractivity contribution in [3.63, 3.8) is 0 Å². The fraction of sp³-hybridized carbons (Fsp3) is 0.417. The predicted molar refractivity (Wildman–Crippen MR) is 144 cm³/mol. The predicted octanol–water partition coefficient (Wildman–Crippen LogP) is 2.58. The number of nitrogens with one attached hydrogen (secondary N) is 4. The molecule has 2 unspecified atom stereocenters. The number of rotatable bonds is 17. The summed E-state index contributed by atoms with van der Waals surface area (Å²) in [7, 11) is 0. The van der Waals surface area contributed by atoms with Gasteiger partial charge in [-0.25, -0.2) is 0 Å². The van der Waals surface area contributed by atoms with Crippen LogP contribution in [0, 0.1) is 0 Å². The van der Waals surface area contributed by atoms with E-state index in [1.165, 1.54) is 12.1 Å². The van der Waals surface area contributed by atoms with Crippen LogP contribution in [0.4, 0.5) is 11.4 Å². The van der Waals surface area contributed by atoms with E-state index in [-0.39, 0.29) is 47.7 Å². The lowest BCUT2D eigenvalue weighted by Crippen LogP contribution is -2.23. The van der Waals surface area contributed by atoms with Crippen LogP contribution < -0.4 is 21.3 Å². The Morgan fingerprint density at radius 3 is 1.42 bits per heavy atom. The van der Waals surface area contributed by atoms with Crippen LogP contribution >= 0.6 is 24.8 Å². The molecule has 0 fully saturated rings. The summed E-state index contributed by atoms with van der Waals surface area (Å²) in [6, 6.07) is 9.19. The average molecular weight is 547 g/mol. The summed E-state index contributed by atoms with van der Waals surface area (Å²) in [6.07, 6.45) is 3.43. The standard InChI is InChI=1S/C24H34N4O6.2ClH/c29-15-27-19-11-17(5-7-21(19)31)23(33)13-25-9-3-1-2-4-10-26-14-24(34)18-6-8-22(32)20(12-18)28-16-30;;/h5-8,11-12,15-16,23-26,31-34H,1-4,9-10,13-14H2,(H,27,29)(H,28,30);2*1H. The Morgan fingerprint density at radius 1 is 0.667 bits per heavy atom. The number of aliphatic hydroxyl groups is 2. The van der Waals surface area contributed by atoms with E-state index in [1.807, 2.05) is 0 Å². The second-order valence-electron chi connectivity index (χ2n) is 7.93. The molecule has 12 heteroatoms. The van der Waals surface area contributed by atoms with Gasteiger partial charge < -0.3 is 41.7 Å². The number of hydrogen-bond acceptors (Lipinski definition) is 8. The normalized spacial score (nSPS) is 11.9. The van der Waals surface area contributed by atoms with Gasteiger partial charge >= 0.3 is 0 Å². The summed E-state index contributed by atoms with van der Waals surface area (Å²) in [5, 5.41) is 51.1. The quantitative estimate of drug-likeness (QED) is 0.0851. The smallest absolute Gasteiger partial charge is 0.211 e. The van der Waals surface area contributed by atoms with Gasteiger partial charge in [0.25, 0.3) is 0 Å². The van der Waals surface area contributed by atoms with Crippen LogP contribution in [0.5, 0.6) is 11.5 Å². The van der Waals surface area contributed by atoms with Gasteiger partial charge in [-0.3, -0.25) is 9.59 Å². The lowest BCUT2D eigenvalue weighted by atomic mass is 10.1. The summed E-state index contributed by atoms with van der Waals surface area (Å²) in [5.41, 5.74) is 1.73. The monoisotopic (exact) mass is 546 g/mol. The van der Waals surface area contributed by atoms with E-state index >= 15 is 0 Å². The minimum atomic E-state index is -0.748. The van der Waals surface area contributed by atoms with Crippen LogP contribution in [0.15, 0.2) is 36.4 Å². The second kappa shape index (κ2) is 18.6. The molecule has 0 saturated heterocycles. The van der Waals surface area contributed by atoms with Gasteiger partial charge in [0.2, 0.25) is 12.8 Å². The van der Waals surface area contributed by atoms with E-state index in [0.29, 0.717) is 37.0 Å². The number of halogens is 2. The number of unbranched alkanes of at least 4 members (excludes halogenated alkanes) is 3. The second-order valence-corrected chi connectivity index (χ2v) is 7.93. The molecule has 0 saturated carbocycles. The highest BCUT2D eigenvalue weighted by Crippen LogP contribution is 2.27. The minimum absolute atomic E-state index is 0. The first-order valence-corrected chi connectivity index (χ1v) is 11.3. The van der Waals surface area contributed by atoms with E-state index in [0.717, 1.165) is 38.8 Å². The molecule has 2 rings (SSSR count). The average Bonchev–Trinajstić information content (AvgIpc) is 2.83. The number of carbonyl (C=O) groups is 2. The van der Waals surface area contributed by atoms with Crippen molar-refractivity contribution in [3.8, 4) is 11.5 Å². The number of benzene rings is 2. The van der Waals surface area contributed by atoms with Crippen molar-refractivity contribution in [2.75, 3.05) is 36.8 Å². The number of carbonyl (C=O) groups excluding carboxylic acids is 2. The molecule has 2 amide bonds. The third-order valence-electron chi connectivity index (χ3n) is 5.37.